The molecule has 3 heterocycles. The Morgan fingerprint density at radius 1 is 1.00 bits per heavy atom. The number of hydrogen-bond acceptors (Lipinski definition) is 6. The van der Waals surface area contributed by atoms with Crippen molar-refractivity contribution in [2.75, 3.05) is 31.1 Å². The fourth-order valence-corrected chi connectivity index (χ4v) is 3.96. The lowest BCUT2D eigenvalue weighted by Gasteiger charge is -2.34. The minimum Gasteiger partial charge on any atom is -0.339 e. The summed E-state index contributed by atoms with van der Waals surface area (Å²) in [5.74, 6) is 0.931. The normalized spacial score (nSPS) is 14.4. The monoisotopic (exact) mass is 379 g/mol. The average molecular weight is 379 g/mol. The summed E-state index contributed by atoms with van der Waals surface area (Å²) < 4.78 is 0. The highest BCUT2D eigenvalue weighted by Crippen LogP contribution is 2.22. The molecule has 0 unspecified atom stereocenters. The number of thiazole rings is 1. The number of carbonyl (C=O) groups is 1. The molecule has 6 nitrogen and oxygen atoms in total. The van der Waals surface area contributed by atoms with Gasteiger partial charge in [0.05, 0.1) is 10.7 Å². The van der Waals surface area contributed by atoms with Gasteiger partial charge in [-0.05, 0) is 6.07 Å². The SMILES string of the molecule is O=C(CCc1nc(-c2ccccc2)cs1)N1CCN(c2ncccn2)CC1. The summed E-state index contributed by atoms with van der Waals surface area (Å²) >= 11 is 1.62. The first-order valence-corrected chi connectivity index (χ1v) is 9.97. The van der Waals surface area contributed by atoms with E-state index in [9.17, 15) is 4.79 Å². The summed E-state index contributed by atoms with van der Waals surface area (Å²) in [4.78, 5) is 29.8. The van der Waals surface area contributed by atoms with E-state index in [0.29, 0.717) is 25.9 Å². The minimum absolute atomic E-state index is 0.195. The van der Waals surface area contributed by atoms with E-state index >= 15 is 0 Å². The number of nitrogens with zero attached hydrogens (tertiary/aromatic N) is 5. The zero-order chi connectivity index (χ0) is 18.5. The largest absolute Gasteiger partial charge is 0.339 e. The molecule has 0 saturated carbocycles. The molecule has 7 heteroatoms. The number of anilines is 1. The van der Waals surface area contributed by atoms with Crippen molar-refractivity contribution in [2.45, 2.75) is 12.8 Å². The van der Waals surface area contributed by atoms with Gasteiger partial charge in [0.2, 0.25) is 11.9 Å². The van der Waals surface area contributed by atoms with Gasteiger partial charge in [-0.2, -0.15) is 0 Å². The van der Waals surface area contributed by atoms with Crippen LogP contribution < -0.4 is 4.90 Å². The van der Waals surface area contributed by atoms with Gasteiger partial charge >= 0.3 is 0 Å². The van der Waals surface area contributed by atoms with E-state index in [4.69, 9.17) is 0 Å². The molecule has 1 saturated heterocycles. The summed E-state index contributed by atoms with van der Waals surface area (Å²) in [6.07, 6.45) is 4.69. The molecule has 0 N–H and O–H groups in total. The molecule has 0 spiro atoms. The molecule has 1 aliphatic heterocycles. The fourth-order valence-electron chi connectivity index (χ4n) is 3.15. The molecule has 27 heavy (non-hydrogen) atoms. The Hall–Kier alpha value is -2.80. The third-order valence-electron chi connectivity index (χ3n) is 4.64. The van der Waals surface area contributed by atoms with E-state index in [1.807, 2.05) is 29.2 Å². The lowest BCUT2D eigenvalue weighted by atomic mass is 10.2. The van der Waals surface area contributed by atoms with Crippen molar-refractivity contribution in [1.29, 1.82) is 0 Å². The standard InChI is InChI=1S/C20H21N5OS/c26-19(24-11-13-25(14-12-24)20-21-9-4-10-22-20)8-7-18-23-17(15-27-18)16-5-2-1-3-6-16/h1-6,9-10,15H,7-8,11-14H2. The van der Waals surface area contributed by atoms with Crippen LogP contribution in [0.1, 0.15) is 11.4 Å². The van der Waals surface area contributed by atoms with Crippen LogP contribution in [0, 0.1) is 0 Å². The second-order valence-corrected chi connectivity index (χ2v) is 7.35. The van der Waals surface area contributed by atoms with Crippen LogP contribution in [0.15, 0.2) is 54.2 Å². The zero-order valence-corrected chi connectivity index (χ0v) is 15.8. The Morgan fingerprint density at radius 2 is 1.74 bits per heavy atom. The van der Waals surface area contributed by atoms with E-state index < -0.39 is 0 Å². The van der Waals surface area contributed by atoms with Crippen LogP contribution in [0.25, 0.3) is 11.3 Å². The molecule has 1 amide bonds. The highest BCUT2D eigenvalue weighted by molar-refractivity contribution is 7.09. The highest BCUT2D eigenvalue weighted by Gasteiger charge is 2.22. The third kappa shape index (κ3) is 4.31. The molecule has 3 aromatic rings. The van der Waals surface area contributed by atoms with Crippen LogP contribution in [0.2, 0.25) is 0 Å². The topological polar surface area (TPSA) is 62.2 Å². The Balaban J connectivity index is 1.27. The molecule has 0 bridgehead atoms. The summed E-state index contributed by atoms with van der Waals surface area (Å²) in [5.41, 5.74) is 2.10. The van der Waals surface area contributed by atoms with Crippen molar-refractivity contribution in [1.82, 2.24) is 19.9 Å². The van der Waals surface area contributed by atoms with Gasteiger partial charge in [0.15, 0.2) is 0 Å². The smallest absolute Gasteiger partial charge is 0.225 e. The van der Waals surface area contributed by atoms with E-state index in [2.05, 4.69) is 37.4 Å². The Labute approximate surface area is 162 Å². The fraction of sp³-hybridized carbons (Fsp3) is 0.300. The van der Waals surface area contributed by atoms with Gasteiger partial charge in [0, 0.05) is 62.4 Å². The first kappa shape index (κ1) is 17.6. The summed E-state index contributed by atoms with van der Waals surface area (Å²) in [7, 11) is 0. The molecule has 4 rings (SSSR count). The zero-order valence-electron chi connectivity index (χ0n) is 15.0. The van der Waals surface area contributed by atoms with Crippen molar-refractivity contribution in [3.05, 3.63) is 59.2 Å². The van der Waals surface area contributed by atoms with Crippen molar-refractivity contribution in [3.8, 4) is 11.3 Å². The van der Waals surface area contributed by atoms with Gasteiger partial charge < -0.3 is 9.80 Å². The number of hydrogen-bond donors (Lipinski definition) is 0. The highest BCUT2D eigenvalue weighted by atomic mass is 32.1. The Kier molecular flexibility index (Phi) is 5.39. The predicted octanol–water partition coefficient (Wildman–Crippen LogP) is 2.88. The van der Waals surface area contributed by atoms with Gasteiger partial charge in [0.1, 0.15) is 0 Å². The van der Waals surface area contributed by atoms with E-state index in [1.165, 1.54) is 0 Å². The first-order chi connectivity index (χ1) is 13.3. The molecule has 1 aliphatic rings. The first-order valence-electron chi connectivity index (χ1n) is 9.09. The molecular weight excluding hydrogens is 358 g/mol. The predicted molar refractivity (Wildman–Crippen MR) is 107 cm³/mol. The maximum Gasteiger partial charge on any atom is 0.225 e. The van der Waals surface area contributed by atoms with Gasteiger partial charge in [-0.15, -0.1) is 11.3 Å². The van der Waals surface area contributed by atoms with E-state index in [0.717, 1.165) is 35.3 Å². The molecule has 2 aromatic heterocycles. The molecule has 1 aromatic carbocycles. The van der Waals surface area contributed by atoms with Crippen LogP contribution in [0.5, 0.6) is 0 Å². The van der Waals surface area contributed by atoms with Crippen LogP contribution >= 0.6 is 11.3 Å². The molecule has 0 aliphatic carbocycles. The molecular formula is C20H21N5OS. The summed E-state index contributed by atoms with van der Waals surface area (Å²) in [6.45, 7) is 2.96. The van der Waals surface area contributed by atoms with Gasteiger partial charge in [-0.25, -0.2) is 15.0 Å². The number of aromatic nitrogens is 3. The lowest BCUT2D eigenvalue weighted by Crippen LogP contribution is -2.49. The number of benzene rings is 1. The van der Waals surface area contributed by atoms with Crippen molar-refractivity contribution < 1.29 is 4.79 Å². The number of piperazine rings is 1. The van der Waals surface area contributed by atoms with Crippen molar-refractivity contribution >= 4 is 23.2 Å². The van der Waals surface area contributed by atoms with Crippen molar-refractivity contribution in [3.63, 3.8) is 0 Å². The molecule has 1 fully saturated rings. The van der Waals surface area contributed by atoms with Crippen LogP contribution in [0.4, 0.5) is 5.95 Å². The lowest BCUT2D eigenvalue weighted by molar-refractivity contribution is -0.131. The maximum atomic E-state index is 12.5. The van der Waals surface area contributed by atoms with Gasteiger partial charge in [0.25, 0.3) is 0 Å². The minimum atomic E-state index is 0.195. The maximum absolute atomic E-state index is 12.5. The molecule has 138 valence electrons. The van der Waals surface area contributed by atoms with Crippen molar-refractivity contribution in [2.24, 2.45) is 0 Å². The Bertz CT molecular complexity index is 876. The molecule has 0 radical (unpaired) electrons. The van der Waals surface area contributed by atoms with E-state index in [-0.39, 0.29) is 5.91 Å². The third-order valence-corrected chi connectivity index (χ3v) is 5.55. The van der Waals surface area contributed by atoms with Crippen LogP contribution in [0.3, 0.4) is 0 Å². The van der Waals surface area contributed by atoms with Gasteiger partial charge in [-0.3, -0.25) is 4.79 Å². The second-order valence-electron chi connectivity index (χ2n) is 6.41. The summed E-state index contributed by atoms with van der Waals surface area (Å²) in [5, 5.41) is 3.08. The average Bonchev–Trinajstić information content (AvgIpc) is 3.22. The number of amides is 1. The number of rotatable bonds is 5. The van der Waals surface area contributed by atoms with Crippen LogP contribution in [-0.4, -0.2) is 51.9 Å². The van der Waals surface area contributed by atoms with E-state index in [1.54, 1.807) is 23.7 Å². The molecule has 0 atom stereocenters. The van der Waals surface area contributed by atoms with Crippen LogP contribution in [-0.2, 0) is 11.2 Å². The number of aryl methyl sites for hydroxylation is 1. The number of carbonyl (C=O) groups excluding carboxylic acids is 1. The Morgan fingerprint density at radius 3 is 2.48 bits per heavy atom. The van der Waals surface area contributed by atoms with Gasteiger partial charge in [-0.1, -0.05) is 30.3 Å². The second kappa shape index (κ2) is 8.26. The quantitative estimate of drug-likeness (QED) is 0.682. The summed E-state index contributed by atoms with van der Waals surface area (Å²) in [6, 6.07) is 11.9.